The van der Waals surface area contributed by atoms with Crippen LogP contribution in [0, 0.1) is 0 Å². The Labute approximate surface area is 334 Å². The van der Waals surface area contributed by atoms with Gasteiger partial charge in [-0.25, -0.2) is 4.79 Å². The molecule has 56 heavy (non-hydrogen) atoms. The number of hydrogen-bond donors (Lipinski definition) is 3. The van der Waals surface area contributed by atoms with Gasteiger partial charge in [0.05, 0.1) is 32.1 Å². The maximum atomic E-state index is 13.8. The molecule has 1 aliphatic rings. The molecule has 288 valence electrons. The van der Waals surface area contributed by atoms with E-state index in [1.165, 1.54) is 49.0 Å². The molecule has 3 amide bonds. The van der Waals surface area contributed by atoms with Crippen molar-refractivity contribution in [3.8, 4) is 11.5 Å². The fraction of sp³-hybridized carbons (Fsp3) is 0.209. The number of thiophene rings is 1. The average molecular weight is 791 g/mol. The Hall–Kier alpha value is -5.89. The third kappa shape index (κ3) is 9.85. The highest BCUT2D eigenvalue weighted by Crippen LogP contribution is 2.39. The molecule has 1 aromatic heterocycles. The summed E-state index contributed by atoms with van der Waals surface area (Å²) in [7, 11) is 4.39. The summed E-state index contributed by atoms with van der Waals surface area (Å²) in [4.78, 5) is 57.7. The molecule has 6 rings (SSSR count). The second-order valence-corrected chi connectivity index (χ2v) is 15.4. The van der Waals surface area contributed by atoms with Crippen molar-refractivity contribution in [3.63, 3.8) is 0 Å². The van der Waals surface area contributed by atoms with Crippen molar-refractivity contribution >= 4 is 63.6 Å². The number of fused-ring (bicyclic) bond motifs is 1. The van der Waals surface area contributed by atoms with E-state index in [1.807, 2.05) is 24.3 Å². The molecule has 13 heteroatoms. The fourth-order valence-electron chi connectivity index (χ4n) is 6.19. The lowest BCUT2D eigenvalue weighted by Crippen LogP contribution is -2.30. The normalized spacial score (nSPS) is 13.2. The van der Waals surface area contributed by atoms with Gasteiger partial charge in [0.2, 0.25) is 5.91 Å². The number of hydrogen-bond acceptors (Lipinski definition) is 10. The van der Waals surface area contributed by atoms with Gasteiger partial charge in [0.15, 0.2) is 0 Å². The summed E-state index contributed by atoms with van der Waals surface area (Å²) in [6.07, 6.45) is 2.20. The molecule has 3 N–H and O–H groups in total. The number of nitrogens with zero attached hydrogens (tertiary/aromatic N) is 1. The van der Waals surface area contributed by atoms with Crippen molar-refractivity contribution in [3.05, 3.63) is 142 Å². The Kier molecular flexibility index (Phi) is 13.2. The van der Waals surface area contributed by atoms with Gasteiger partial charge in [-0.1, -0.05) is 54.6 Å². The van der Waals surface area contributed by atoms with Crippen LogP contribution in [0.5, 0.6) is 11.5 Å². The monoisotopic (exact) mass is 790 g/mol. The summed E-state index contributed by atoms with van der Waals surface area (Å²) >= 11 is 2.71. The maximum absolute atomic E-state index is 13.8. The molecule has 0 fully saturated rings. The first-order valence-electron chi connectivity index (χ1n) is 17.8. The van der Waals surface area contributed by atoms with Gasteiger partial charge < -0.3 is 30.2 Å². The number of ether oxygens (including phenoxy) is 3. The highest BCUT2D eigenvalue weighted by Gasteiger charge is 2.30. The Morgan fingerprint density at radius 1 is 0.875 bits per heavy atom. The van der Waals surface area contributed by atoms with Crippen LogP contribution in [0.4, 0.5) is 10.7 Å². The van der Waals surface area contributed by atoms with Crippen LogP contribution in [-0.4, -0.2) is 61.7 Å². The molecule has 1 atom stereocenters. The quantitative estimate of drug-likeness (QED) is 0.0590. The molecule has 0 radical (unpaired) electrons. The van der Waals surface area contributed by atoms with E-state index in [0.717, 1.165) is 28.4 Å². The summed E-state index contributed by atoms with van der Waals surface area (Å²) in [6.45, 7) is 4.01. The molecule has 4 aromatic carbocycles. The van der Waals surface area contributed by atoms with Gasteiger partial charge in [0, 0.05) is 52.3 Å². The van der Waals surface area contributed by atoms with E-state index in [2.05, 4.69) is 33.0 Å². The standard InChI is InChI=1S/C43H42N4O7S2/c1-27(39(48)46-42-38(43(51)54-4)34-20-21-47(26-37(34)56-42)25-28-12-7-5-8-13-28)55-33-17-11-16-31(23-33)44-41(50)35(45-40(49)29-14-9-6-10-15-29)22-30-18-19-32(52-2)24-36(30)53-3/h5-19,22-24,27H,20-21,25-26H2,1-4H3,(H,44,50)(H,45,49)(H,46,48)/b35-22+. The molecule has 11 nitrogen and oxygen atoms in total. The fourth-order valence-corrected chi connectivity index (χ4v) is 8.40. The van der Waals surface area contributed by atoms with Crippen LogP contribution in [-0.2, 0) is 33.8 Å². The highest BCUT2D eigenvalue weighted by molar-refractivity contribution is 8.00. The minimum Gasteiger partial charge on any atom is -0.497 e. The third-order valence-electron chi connectivity index (χ3n) is 9.05. The number of methoxy groups -OCH3 is 3. The highest BCUT2D eigenvalue weighted by atomic mass is 32.2. The molecular formula is C43H42N4O7S2. The molecule has 1 aliphatic heterocycles. The summed E-state index contributed by atoms with van der Waals surface area (Å²) in [5, 5.41) is 8.54. The molecule has 1 unspecified atom stereocenters. The van der Waals surface area contributed by atoms with E-state index in [4.69, 9.17) is 14.2 Å². The molecule has 0 aliphatic carbocycles. The van der Waals surface area contributed by atoms with Gasteiger partial charge in [-0.05, 0) is 73.0 Å². The molecule has 0 saturated carbocycles. The third-order valence-corrected chi connectivity index (χ3v) is 11.3. The lowest BCUT2D eigenvalue weighted by Gasteiger charge is -2.27. The summed E-state index contributed by atoms with van der Waals surface area (Å²) < 4.78 is 16.0. The van der Waals surface area contributed by atoms with Crippen LogP contribution in [0.3, 0.4) is 0 Å². The first-order chi connectivity index (χ1) is 27.1. The number of carbonyl (C=O) groups excluding carboxylic acids is 4. The van der Waals surface area contributed by atoms with Crippen LogP contribution in [0.25, 0.3) is 6.08 Å². The Morgan fingerprint density at radius 2 is 1.62 bits per heavy atom. The van der Waals surface area contributed by atoms with Gasteiger partial charge in [-0.15, -0.1) is 23.1 Å². The first kappa shape index (κ1) is 39.8. The largest absolute Gasteiger partial charge is 0.497 e. The average Bonchev–Trinajstić information content (AvgIpc) is 3.57. The second kappa shape index (κ2) is 18.6. The number of amides is 3. The van der Waals surface area contributed by atoms with Crippen molar-refractivity contribution < 1.29 is 33.4 Å². The number of nitrogens with one attached hydrogen (secondary N) is 3. The van der Waals surface area contributed by atoms with Gasteiger partial charge in [-0.2, -0.15) is 0 Å². The zero-order valence-electron chi connectivity index (χ0n) is 31.4. The number of rotatable bonds is 14. The Bertz CT molecular complexity index is 2240. The predicted molar refractivity (Wildman–Crippen MR) is 220 cm³/mol. The molecule has 0 bridgehead atoms. The summed E-state index contributed by atoms with van der Waals surface area (Å²) in [5.41, 5.74) is 3.91. The van der Waals surface area contributed by atoms with Crippen LogP contribution in [0.2, 0.25) is 0 Å². The zero-order valence-corrected chi connectivity index (χ0v) is 33.1. The van der Waals surface area contributed by atoms with E-state index < -0.39 is 23.0 Å². The van der Waals surface area contributed by atoms with Gasteiger partial charge in [-0.3, -0.25) is 19.3 Å². The smallest absolute Gasteiger partial charge is 0.341 e. The first-order valence-corrected chi connectivity index (χ1v) is 19.5. The van der Waals surface area contributed by atoms with Crippen molar-refractivity contribution in [1.82, 2.24) is 10.2 Å². The topological polar surface area (TPSA) is 135 Å². The number of carbonyl (C=O) groups is 4. The Balaban J connectivity index is 1.16. The van der Waals surface area contributed by atoms with Crippen molar-refractivity contribution in [2.45, 2.75) is 36.6 Å². The zero-order chi connectivity index (χ0) is 39.6. The minimum atomic E-state index is -0.570. The van der Waals surface area contributed by atoms with E-state index >= 15 is 0 Å². The SMILES string of the molecule is COC(=O)c1c(NC(=O)C(C)Sc2cccc(NC(=O)/C(=C\c3ccc(OC)cc3OC)NC(=O)c3ccccc3)c2)sc2c1CCN(Cc1ccccc1)C2. The number of esters is 1. The summed E-state index contributed by atoms with van der Waals surface area (Å²) in [5.74, 6) is -0.774. The van der Waals surface area contributed by atoms with E-state index in [1.54, 1.807) is 80.8 Å². The molecular weight excluding hydrogens is 749 g/mol. The molecule has 0 saturated heterocycles. The van der Waals surface area contributed by atoms with E-state index in [-0.39, 0.29) is 11.6 Å². The lowest BCUT2D eigenvalue weighted by molar-refractivity contribution is -0.115. The van der Waals surface area contributed by atoms with E-state index in [9.17, 15) is 19.2 Å². The minimum absolute atomic E-state index is 0.0173. The lowest BCUT2D eigenvalue weighted by atomic mass is 10.0. The van der Waals surface area contributed by atoms with Crippen molar-refractivity contribution in [1.29, 1.82) is 0 Å². The van der Waals surface area contributed by atoms with Crippen LogP contribution in [0.1, 0.15) is 49.2 Å². The number of thioether (sulfide) groups is 1. The Morgan fingerprint density at radius 3 is 2.34 bits per heavy atom. The van der Waals surface area contributed by atoms with Crippen LogP contribution < -0.4 is 25.4 Å². The predicted octanol–water partition coefficient (Wildman–Crippen LogP) is 7.64. The molecule has 0 spiro atoms. The number of benzene rings is 4. The van der Waals surface area contributed by atoms with Crippen LogP contribution >= 0.6 is 23.1 Å². The molecule has 2 heterocycles. The van der Waals surface area contributed by atoms with Crippen LogP contribution in [0.15, 0.2) is 114 Å². The second-order valence-electron chi connectivity index (χ2n) is 12.9. The summed E-state index contributed by atoms with van der Waals surface area (Å²) in [6, 6.07) is 31.0. The van der Waals surface area contributed by atoms with Crippen molar-refractivity contribution in [2.24, 2.45) is 0 Å². The molecule has 5 aromatic rings. The number of anilines is 2. The van der Waals surface area contributed by atoms with E-state index in [0.29, 0.717) is 51.8 Å². The van der Waals surface area contributed by atoms with Gasteiger partial charge in [0.1, 0.15) is 22.2 Å². The van der Waals surface area contributed by atoms with Gasteiger partial charge >= 0.3 is 5.97 Å². The van der Waals surface area contributed by atoms with Gasteiger partial charge in [0.25, 0.3) is 11.8 Å². The van der Waals surface area contributed by atoms with Crippen molar-refractivity contribution in [2.75, 3.05) is 38.5 Å². The maximum Gasteiger partial charge on any atom is 0.341 e.